The van der Waals surface area contributed by atoms with Crippen LogP contribution in [0.4, 0.5) is 0 Å². The fraction of sp³-hybridized carbons (Fsp3) is 0.438. The highest BCUT2D eigenvalue weighted by Crippen LogP contribution is 2.26. The zero-order valence-electron chi connectivity index (χ0n) is 13.7. The minimum Gasteiger partial charge on any atom is -0.386 e. The molecule has 0 aliphatic rings. The predicted octanol–water partition coefficient (Wildman–Crippen LogP) is 4.47. The first kappa shape index (κ1) is 21.7. The molecule has 4 nitrogen and oxygen atoms in total. The molecule has 0 spiro atoms. The number of rotatable bonds is 7. The van der Waals surface area contributed by atoms with Gasteiger partial charge >= 0.3 is 0 Å². The third-order valence-corrected chi connectivity index (χ3v) is 5.40. The van der Waals surface area contributed by atoms with Crippen molar-refractivity contribution in [3.63, 3.8) is 0 Å². The summed E-state index contributed by atoms with van der Waals surface area (Å²) in [6, 6.07) is 5.78. The van der Waals surface area contributed by atoms with Crippen LogP contribution < -0.4 is 10.6 Å². The van der Waals surface area contributed by atoms with Crippen LogP contribution in [0.1, 0.15) is 36.3 Å². The summed E-state index contributed by atoms with van der Waals surface area (Å²) in [5.41, 5.74) is 1.31. The molecule has 0 bridgehead atoms. The van der Waals surface area contributed by atoms with Crippen LogP contribution in [0, 0.1) is 0 Å². The highest BCUT2D eigenvalue weighted by atomic mass is 127. The van der Waals surface area contributed by atoms with E-state index in [0.29, 0.717) is 23.3 Å². The van der Waals surface area contributed by atoms with Gasteiger partial charge in [-0.2, -0.15) is 11.3 Å². The van der Waals surface area contributed by atoms with E-state index in [4.69, 9.17) is 11.6 Å². The Morgan fingerprint density at radius 2 is 2.12 bits per heavy atom. The Morgan fingerprint density at radius 3 is 2.71 bits per heavy atom. The molecule has 0 saturated carbocycles. The molecule has 2 rings (SSSR count). The van der Waals surface area contributed by atoms with Gasteiger partial charge in [-0.25, -0.2) is 0 Å². The fourth-order valence-corrected chi connectivity index (χ4v) is 3.86. The van der Waals surface area contributed by atoms with Crippen LogP contribution in [0.2, 0.25) is 4.34 Å². The Hall–Kier alpha value is -0.350. The molecule has 8 heteroatoms. The number of aliphatic imine (C=N–C) groups is 1. The molecule has 0 amide bonds. The van der Waals surface area contributed by atoms with Crippen molar-refractivity contribution in [1.29, 1.82) is 0 Å². The third-order valence-electron chi connectivity index (χ3n) is 3.36. The van der Waals surface area contributed by atoms with E-state index in [0.717, 1.165) is 17.4 Å². The monoisotopic (exact) mass is 499 g/mol. The summed E-state index contributed by atoms with van der Waals surface area (Å²) < 4.78 is 0.684. The van der Waals surface area contributed by atoms with Gasteiger partial charge in [0.1, 0.15) is 6.10 Å². The normalized spacial score (nSPS) is 13.9. The summed E-state index contributed by atoms with van der Waals surface area (Å²) in [4.78, 5) is 5.46. The van der Waals surface area contributed by atoms with Gasteiger partial charge in [0.05, 0.1) is 4.34 Å². The van der Waals surface area contributed by atoms with Crippen LogP contribution in [-0.2, 0) is 0 Å². The number of thiophene rings is 2. The maximum Gasteiger partial charge on any atom is 0.191 e. The summed E-state index contributed by atoms with van der Waals surface area (Å²) >= 11 is 9.00. The summed E-state index contributed by atoms with van der Waals surface area (Å²) in [6.07, 6.45) is -0.592. The number of guanidine groups is 1. The highest BCUT2D eigenvalue weighted by molar-refractivity contribution is 14.0. The van der Waals surface area contributed by atoms with Crippen LogP contribution in [0.3, 0.4) is 0 Å². The van der Waals surface area contributed by atoms with Crippen molar-refractivity contribution in [2.24, 2.45) is 4.99 Å². The molecule has 3 N–H and O–H groups in total. The SMILES string of the molecule is CCNC(=NCC(C)c1ccsc1)NCC(O)c1ccc(Cl)s1.I. The lowest BCUT2D eigenvalue weighted by atomic mass is 10.1. The summed E-state index contributed by atoms with van der Waals surface area (Å²) in [6.45, 7) is 6.06. The Morgan fingerprint density at radius 1 is 1.33 bits per heavy atom. The van der Waals surface area contributed by atoms with Crippen molar-refractivity contribution in [1.82, 2.24) is 10.6 Å². The summed E-state index contributed by atoms with van der Waals surface area (Å²) in [5.74, 6) is 1.09. The van der Waals surface area contributed by atoms with Gasteiger partial charge in [-0.3, -0.25) is 4.99 Å². The molecule has 0 aromatic carbocycles. The Balaban J connectivity index is 0.00000288. The van der Waals surface area contributed by atoms with Gasteiger partial charge in [0.15, 0.2) is 5.96 Å². The van der Waals surface area contributed by atoms with Crippen molar-refractivity contribution in [2.75, 3.05) is 19.6 Å². The number of aliphatic hydroxyl groups excluding tert-OH is 1. The van der Waals surface area contributed by atoms with Crippen molar-refractivity contribution in [3.05, 3.63) is 43.7 Å². The van der Waals surface area contributed by atoms with Gasteiger partial charge in [-0.15, -0.1) is 35.3 Å². The van der Waals surface area contributed by atoms with Gasteiger partial charge < -0.3 is 15.7 Å². The lowest BCUT2D eigenvalue weighted by molar-refractivity contribution is 0.184. The number of hydrogen-bond acceptors (Lipinski definition) is 4. The van der Waals surface area contributed by atoms with Crippen LogP contribution in [-0.4, -0.2) is 30.7 Å². The lowest BCUT2D eigenvalue weighted by Gasteiger charge is -2.15. The topological polar surface area (TPSA) is 56.7 Å². The smallest absolute Gasteiger partial charge is 0.191 e. The van der Waals surface area contributed by atoms with Crippen LogP contribution >= 0.6 is 58.3 Å². The molecular formula is C16H23ClIN3OS2. The molecule has 134 valence electrons. The number of nitrogens with zero attached hydrogens (tertiary/aromatic N) is 1. The molecule has 0 aliphatic heterocycles. The summed E-state index contributed by atoms with van der Waals surface area (Å²) in [7, 11) is 0. The second-order valence-corrected chi connectivity index (χ2v) is 7.74. The number of hydrogen-bond donors (Lipinski definition) is 3. The molecule has 0 saturated heterocycles. The zero-order valence-corrected chi connectivity index (χ0v) is 18.4. The molecule has 2 atom stereocenters. The van der Waals surface area contributed by atoms with Crippen molar-refractivity contribution in [2.45, 2.75) is 25.9 Å². The van der Waals surface area contributed by atoms with E-state index in [9.17, 15) is 5.11 Å². The first-order valence-corrected chi connectivity index (χ1v) is 9.71. The van der Waals surface area contributed by atoms with Gasteiger partial charge in [0, 0.05) is 30.4 Å². The Kier molecular flexibility index (Phi) is 10.2. The molecule has 24 heavy (non-hydrogen) atoms. The van der Waals surface area contributed by atoms with Gasteiger partial charge in [-0.05, 0) is 41.4 Å². The second-order valence-electron chi connectivity index (χ2n) is 5.22. The largest absolute Gasteiger partial charge is 0.386 e. The van der Waals surface area contributed by atoms with Gasteiger partial charge in [-0.1, -0.05) is 18.5 Å². The maximum absolute atomic E-state index is 10.2. The van der Waals surface area contributed by atoms with E-state index >= 15 is 0 Å². The Bertz CT molecular complexity index is 619. The van der Waals surface area contributed by atoms with Crippen LogP contribution in [0.15, 0.2) is 34.0 Å². The van der Waals surface area contributed by atoms with E-state index in [1.54, 1.807) is 17.4 Å². The van der Waals surface area contributed by atoms with Crippen molar-refractivity contribution < 1.29 is 5.11 Å². The second kappa shape index (κ2) is 11.3. The molecule has 2 heterocycles. The fourth-order valence-electron chi connectivity index (χ4n) is 2.03. The molecule has 2 aromatic rings. The Labute approximate surface area is 173 Å². The third kappa shape index (κ3) is 6.87. The van der Waals surface area contributed by atoms with E-state index in [-0.39, 0.29) is 24.0 Å². The number of halogens is 2. The van der Waals surface area contributed by atoms with Gasteiger partial charge in [0.2, 0.25) is 0 Å². The zero-order chi connectivity index (χ0) is 16.7. The number of nitrogens with one attached hydrogen (secondary N) is 2. The van der Waals surface area contributed by atoms with Gasteiger partial charge in [0.25, 0.3) is 0 Å². The maximum atomic E-state index is 10.2. The molecular weight excluding hydrogens is 477 g/mol. The average molecular weight is 500 g/mol. The van der Waals surface area contributed by atoms with E-state index < -0.39 is 6.10 Å². The van der Waals surface area contributed by atoms with E-state index in [2.05, 4.69) is 39.4 Å². The highest BCUT2D eigenvalue weighted by Gasteiger charge is 2.11. The predicted molar refractivity (Wildman–Crippen MR) is 116 cm³/mol. The van der Waals surface area contributed by atoms with E-state index in [1.807, 2.05) is 13.0 Å². The summed E-state index contributed by atoms with van der Waals surface area (Å²) in [5, 5.41) is 20.8. The minimum absolute atomic E-state index is 0. The first-order valence-electron chi connectivity index (χ1n) is 7.57. The quantitative estimate of drug-likeness (QED) is 0.299. The standard InChI is InChI=1S/C16H22ClN3OS2.HI/c1-3-18-16(19-8-11(2)12-6-7-22-10-12)20-9-13(21)14-4-5-15(17)23-14;/h4-7,10-11,13,21H,3,8-9H2,1-2H3,(H2,18,19,20);1H. The van der Waals surface area contributed by atoms with Crippen molar-refractivity contribution >= 4 is 64.2 Å². The minimum atomic E-state index is -0.592. The van der Waals surface area contributed by atoms with Crippen LogP contribution in [0.5, 0.6) is 0 Å². The molecule has 2 unspecified atom stereocenters. The lowest BCUT2D eigenvalue weighted by Crippen LogP contribution is -2.39. The molecule has 0 aliphatic carbocycles. The molecule has 0 fully saturated rings. The average Bonchev–Trinajstić information content (AvgIpc) is 3.20. The van der Waals surface area contributed by atoms with Crippen LogP contribution in [0.25, 0.3) is 0 Å². The first-order chi connectivity index (χ1) is 11.1. The molecule has 0 radical (unpaired) electrons. The van der Waals surface area contributed by atoms with E-state index in [1.165, 1.54) is 16.9 Å². The van der Waals surface area contributed by atoms with Crippen molar-refractivity contribution in [3.8, 4) is 0 Å². The number of aliphatic hydroxyl groups is 1. The molecule has 2 aromatic heterocycles.